The second-order valence-electron chi connectivity index (χ2n) is 9.83. The van der Waals surface area contributed by atoms with Crippen LogP contribution in [0.3, 0.4) is 0 Å². The Hall–Kier alpha value is -2.19. The summed E-state index contributed by atoms with van der Waals surface area (Å²) in [5.74, 6) is -1.55. The van der Waals surface area contributed by atoms with E-state index in [2.05, 4.69) is 29.8 Å². The Morgan fingerprint density at radius 1 is 1.33 bits per heavy atom. The maximum Gasteiger partial charge on any atom is 0.315 e. The van der Waals surface area contributed by atoms with Crippen LogP contribution in [0.15, 0.2) is 32.9 Å². The number of allylic oxidation sites excluding steroid dienone is 2. The molecule has 1 aliphatic carbocycles. The molecule has 1 N–H and O–H groups in total. The van der Waals surface area contributed by atoms with E-state index < -0.39 is 17.8 Å². The van der Waals surface area contributed by atoms with Gasteiger partial charge in [-0.3, -0.25) is 14.6 Å². The van der Waals surface area contributed by atoms with Crippen molar-refractivity contribution in [2.45, 2.75) is 58.5 Å². The number of ether oxygens (including phenoxy) is 3. The van der Waals surface area contributed by atoms with Crippen molar-refractivity contribution in [3.05, 3.63) is 33.4 Å². The van der Waals surface area contributed by atoms with Gasteiger partial charge in [-0.05, 0) is 65.2 Å². The van der Waals surface area contributed by atoms with Crippen LogP contribution in [0.25, 0.3) is 0 Å². The van der Waals surface area contributed by atoms with Gasteiger partial charge in [-0.15, -0.1) is 0 Å². The van der Waals surface area contributed by atoms with Crippen LogP contribution in [0.2, 0.25) is 0 Å². The van der Waals surface area contributed by atoms with Crippen LogP contribution < -0.4 is 4.74 Å². The molecular weight excluding hydrogens is 490 g/mol. The molecule has 33 heavy (non-hydrogen) atoms. The highest BCUT2D eigenvalue weighted by Gasteiger charge is 2.46. The predicted molar refractivity (Wildman–Crippen MR) is 127 cm³/mol. The first-order valence-corrected chi connectivity index (χ1v) is 12.1. The van der Waals surface area contributed by atoms with Crippen LogP contribution in [-0.2, 0) is 19.1 Å². The molecule has 1 fully saturated rings. The summed E-state index contributed by atoms with van der Waals surface area (Å²) in [6.45, 7) is 6.78. The van der Waals surface area contributed by atoms with E-state index in [4.69, 9.17) is 19.2 Å². The molecule has 1 aromatic carbocycles. The average Bonchev–Trinajstić information content (AvgIpc) is 3.25. The van der Waals surface area contributed by atoms with Crippen molar-refractivity contribution in [3.8, 4) is 11.5 Å². The maximum absolute atomic E-state index is 13.4. The molecular formula is C25H30BrNO6. The van der Waals surface area contributed by atoms with Crippen molar-refractivity contribution in [1.82, 2.24) is 0 Å². The molecule has 4 rings (SSSR count). The molecule has 0 radical (unpaired) electrons. The maximum atomic E-state index is 13.4. The van der Waals surface area contributed by atoms with Gasteiger partial charge in [0, 0.05) is 35.9 Å². The van der Waals surface area contributed by atoms with Crippen LogP contribution in [0.5, 0.6) is 11.5 Å². The lowest BCUT2D eigenvalue weighted by molar-refractivity contribution is -0.149. The summed E-state index contributed by atoms with van der Waals surface area (Å²) in [6, 6.07) is 3.42. The smallest absolute Gasteiger partial charge is 0.315 e. The van der Waals surface area contributed by atoms with Crippen molar-refractivity contribution in [2.75, 3.05) is 20.3 Å². The lowest BCUT2D eigenvalue weighted by atomic mass is 9.67. The molecule has 3 aliphatic rings. The molecule has 1 unspecified atom stereocenters. The Labute approximate surface area is 202 Å². The summed E-state index contributed by atoms with van der Waals surface area (Å²) in [5.41, 5.74) is 2.38. The highest BCUT2D eigenvalue weighted by molar-refractivity contribution is 9.10. The van der Waals surface area contributed by atoms with E-state index in [1.165, 1.54) is 7.11 Å². The van der Waals surface area contributed by atoms with Crippen molar-refractivity contribution < 1.29 is 28.9 Å². The van der Waals surface area contributed by atoms with E-state index in [1.54, 1.807) is 12.1 Å². The number of esters is 1. The summed E-state index contributed by atoms with van der Waals surface area (Å²) < 4.78 is 17.0. The number of phenols is 1. The quantitative estimate of drug-likeness (QED) is 0.566. The van der Waals surface area contributed by atoms with Gasteiger partial charge in [-0.25, -0.2) is 0 Å². The molecule has 3 atom stereocenters. The number of hydrogen-bond donors (Lipinski definition) is 1. The number of halogens is 1. The third-order valence-corrected chi connectivity index (χ3v) is 7.23. The normalized spacial score (nSPS) is 26.6. The summed E-state index contributed by atoms with van der Waals surface area (Å²) in [5, 5.41) is 10.3. The second-order valence-corrected chi connectivity index (χ2v) is 10.7. The topological polar surface area (TPSA) is 94.4 Å². The van der Waals surface area contributed by atoms with Crippen LogP contribution in [0, 0.1) is 11.3 Å². The number of phenolic OH excluding ortho intramolecular Hbond substituents is 1. The number of carbonyl (C=O) groups excluding carboxylic acids is 2. The Bertz CT molecular complexity index is 1040. The summed E-state index contributed by atoms with van der Waals surface area (Å²) in [4.78, 5) is 31.5. The first-order valence-electron chi connectivity index (χ1n) is 11.3. The van der Waals surface area contributed by atoms with Gasteiger partial charge in [0.05, 0.1) is 17.7 Å². The highest BCUT2D eigenvalue weighted by atomic mass is 79.9. The zero-order chi connectivity index (χ0) is 23.9. The number of ketones is 1. The number of aliphatic imine (C=N–C) groups is 1. The Morgan fingerprint density at radius 3 is 2.76 bits per heavy atom. The van der Waals surface area contributed by atoms with Gasteiger partial charge in [0.2, 0.25) is 0 Å². The second kappa shape index (κ2) is 9.22. The molecule has 0 bridgehead atoms. The molecule has 2 heterocycles. The molecule has 2 aliphatic heterocycles. The minimum Gasteiger partial charge on any atom is -0.503 e. The molecule has 7 nitrogen and oxygen atoms in total. The van der Waals surface area contributed by atoms with E-state index in [0.717, 1.165) is 18.5 Å². The van der Waals surface area contributed by atoms with Gasteiger partial charge in [0.1, 0.15) is 12.5 Å². The molecule has 1 saturated heterocycles. The fraction of sp³-hybridized carbons (Fsp3) is 0.560. The van der Waals surface area contributed by atoms with Gasteiger partial charge < -0.3 is 19.3 Å². The zero-order valence-electron chi connectivity index (χ0n) is 19.4. The first kappa shape index (κ1) is 24.0. The molecule has 0 saturated carbocycles. The number of hydrogen-bond acceptors (Lipinski definition) is 7. The van der Waals surface area contributed by atoms with E-state index in [-0.39, 0.29) is 35.4 Å². The van der Waals surface area contributed by atoms with E-state index in [0.29, 0.717) is 40.8 Å². The van der Waals surface area contributed by atoms with Crippen LogP contribution in [-0.4, -0.2) is 49.0 Å². The van der Waals surface area contributed by atoms with Crippen molar-refractivity contribution in [3.63, 3.8) is 0 Å². The van der Waals surface area contributed by atoms with E-state index in [9.17, 15) is 14.7 Å². The van der Waals surface area contributed by atoms with Gasteiger partial charge >= 0.3 is 5.97 Å². The number of methoxy groups -OCH3 is 1. The number of nitrogens with zero attached hydrogens (tertiary/aromatic N) is 1. The fourth-order valence-electron chi connectivity index (χ4n) is 5.08. The lowest BCUT2D eigenvalue weighted by Crippen LogP contribution is -2.40. The minimum absolute atomic E-state index is 0.0115. The van der Waals surface area contributed by atoms with Crippen LogP contribution >= 0.6 is 15.9 Å². The molecule has 0 amide bonds. The number of rotatable bonds is 5. The molecule has 8 heteroatoms. The lowest BCUT2D eigenvalue weighted by Gasteiger charge is -2.39. The number of Topliss-reactive ketones (excluding diaryl/α,β-unsaturated/α-hetero) is 1. The monoisotopic (exact) mass is 519 g/mol. The predicted octanol–water partition coefficient (Wildman–Crippen LogP) is 4.70. The van der Waals surface area contributed by atoms with Gasteiger partial charge in [0.25, 0.3) is 0 Å². The Balaban J connectivity index is 1.78. The number of aromatic hydroxyl groups is 1. The fourth-order valence-corrected chi connectivity index (χ4v) is 5.54. The largest absolute Gasteiger partial charge is 0.503 e. The number of benzene rings is 1. The Morgan fingerprint density at radius 2 is 2.09 bits per heavy atom. The minimum atomic E-state index is -0.753. The highest BCUT2D eigenvalue weighted by Crippen LogP contribution is 2.49. The van der Waals surface area contributed by atoms with Gasteiger partial charge in [-0.2, -0.15) is 0 Å². The molecule has 178 valence electrons. The van der Waals surface area contributed by atoms with Crippen LogP contribution in [0.4, 0.5) is 0 Å². The van der Waals surface area contributed by atoms with Crippen LogP contribution in [0.1, 0.15) is 57.9 Å². The van der Waals surface area contributed by atoms with E-state index in [1.807, 2.05) is 6.92 Å². The molecule has 0 aromatic heterocycles. The third-order valence-electron chi connectivity index (χ3n) is 6.62. The summed E-state index contributed by atoms with van der Waals surface area (Å²) >= 11 is 3.38. The average molecular weight is 520 g/mol. The standard InChI is InChI=1S/C25H30BrNO6/c1-13-20(24(30)33-12-15-6-5-7-32-15)21(14-8-16(26)23(29)19(9-14)31-4)22-17(27-13)10-25(2,3)11-18(22)28/h8-9,15,20-21,29H,5-7,10-12H2,1-4H3/t15-,20?,21+/m0/s1. The van der Waals surface area contributed by atoms with Gasteiger partial charge in [0.15, 0.2) is 17.3 Å². The van der Waals surface area contributed by atoms with Crippen molar-refractivity contribution in [1.29, 1.82) is 0 Å². The Kier molecular flexibility index (Phi) is 6.69. The third kappa shape index (κ3) is 4.73. The number of carbonyl (C=O) groups is 2. The van der Waals surface area contributed by atoms with E-state index >= 15 is 0 Å². The van der Waals surface area contributed by atoms with Crippen molar-refractivity contribution in [2.24, 2.45) is 16.3 Å². The summed E-state index contributed by atoms with van der Waals surface area (Å²) in [7, 11) is 1.46. The van der Waals surface area contributed by atoms with Crippen molar-refractivity contribution >= 4 is 33.4 Å². The summed E-state index contributed by atoms with van der Waals surface area (Å²) in [6.07, 6.45) is 2.75. The zero-order valence-corrected chi connectivity index (χ0v) is 21.0. The molecule has 1 aromatic rings. The SMILES string of the molecule is COc1cc([C@H]2C3=C(CC(C)(C)CC3=O)N=C(C)C2C(=O)OC[C@@H]2CCCO2)cc(Br)c1O. The molecule has 0 spiro atoms. The first-order chi connectivity index (χ1) is 15.6. The van der Waals surface area contributed by atoms with Gasteiger partial charge in [-0.1, -0.05) is 13.8 Å².